The summed E-state index contributed by atoms with van der Waals surface area (Å²) in [6.45, 7) is 5.01. The normalized spacial score (nSPS) is 19.2. The third-order valence-electron chi connectivity index (χ3n) is 6.85. The van der Waals surface area contributed by atoms with Crippen molar-refractivity contribution in [3.05, 3.63) is 59.1 Å². The van der Waals surface area contributed by atoms with Crippen molar-refractivity contribution in [3.8, 4) is 17.1 Å². The van der Waals surface area contributed by atoms with Crippen LogP contribution in [0.4, 0.5) is 10.7 Å². The molecular weight excluding hydrogens is 480 g/mol. The number of hydrogen-bond donors (Lipinski definition) is 0. The largest absolute Gasteiger partial charge is 0.497 e. The second-order valence-electron chi connectivity index (χ2n) is 9.57. The van der Waals surface area contributed by atoms with E-state index in [1.54, 1.807) is 25.1 Å². The highest BCUT2D eigenvalue weighted by Crippen LogP contribution is 2.43. The van der Waals surface area contributed by atoms with Gasteiger partial charge in [-0.3, -0.25) is 14.3 Å². The van der Waals surface area contributed by atoms with E-state index in [1.807, 2.05) is 51.9 Å². The number of imide groups is 1. The molecule has 1 aromatic heterocycles. The van der Waals surface area contributed by atoms with Gasteiger partial charge in [-0.1, -0.05) is 43.6 Å². The number of methoxy groups -OCH3 is 1. The van der Waals surface area contributed by atoms with E-state index in [2.05, 4.69) is 24.0 Å². The lowest BCUT2D eigenvalue weighted by atomic mass is 10.1. The monoisotopic (exact) mass is 508 g/mol. The van der Waals surface area contributed by atoms with Crippen LogP contribution >= 0.6 is 11.6 Å². The number of rotatable bonds is 7. The lowest BCUT2D eigenvalue weighted by Crippen LogP contribution is -2.62. The molecule has 2 aliphatic rings. The number of halogens is 1. The van der Waals surface area contributed by atoms with E-state index < -0.39 is 12.2 Å². The van der Waals surface area contributed by atoms with Gasteiger partial charge >= 0.3 is 6.03 Å². The molecule has 3 aromatic rings. The Hall–Kier alpha value is -3.59. The third kappa shape index (κ3) is 3.97. The maximum absolute atomic E-state index is 13.9. The molecule has 0 saturated carbocycles. The summed E-state index contributed by atoms with van der Waals surface area (Å²) in [7, 11) is 3.34. The standard InChI is InChI=1S/C26H29ClN6O3/c1-16(2)13-14-31-21-23(33-22(28-29-25(31)33)17-9-11-19(36-4)12-10-17)30(3)26(35)32(24(21)34)15-18-7-5-6-8-20(18)27/h5-12,16,21,23H,13-15H2,1-4H3. The van der Waals surface area contributed by atoms with E-state index >= 15 is 0 Å². The summed E-state index contributed by atoms with van der Waals surface area (Å²) in [5.74, 6) is 2.08. The van der Waals surface area contributed by atoms with Crippen molar-refractivity contribution >= 4 is 29.5 Å². The second kappa shape index (κ2) is 9.46. The minimum atomic E-state index is -0.614. The van der Waals surface area contributed by atoms with Gasteiger partial charge in [-0.15, -0.1) is 10.2 Å². The smallest absolute Gasteiger partial charge is 0.328 e. The van der Waals surface area contributed by atoms with E-state index in [0.717, 1.165) is 23.3 Å². The lowest BCUT2D eigenvalue weighted by Gasteiger charge is -2.42. The van der Waals surface area contributed by atoms with Crippen LogP contribution in [0.25, 0.3) is 11.4 Å². The Labute approximate surface area is 215 Å². The summed E-state index contributed by atoms with van der Waals surface area (Å²) < 4.78 is 7.20. The molecule has 9 nitrogen and oxygen atoms in total. The molecule has 2 unspecified atom stereocenters. The number of aromatic nitrogens is 3. The van der Waals surface area contributed by atoms with Crippen molar-refractivity contribution in [2.24, 2.45) is 5.92 Å². The fraction of sp³-hybridized carbons (Fsp3) is 0.385. The third-order valence-corrected chi connectivity index (χ3v) is 7.22. The number of ether oxygens (including phenoxy) is 1. The number of urea groups is 1. The summed E-state index contributed by atoms with van der Waals surface area (Å²) >= 11 is 6.36. The van der Waals surface area contributed by atoms with Gasteiger partial charge < -0.3 is 14.5 Å². The zero-order valence-electron chi connectivity index (χ0n) is 20.8. The molecule has 0 N–H and O–H groups in total. The number of hydrogen-bond acceptors (Lipinski definition) is 6. The lowest BCUT2D eigenvalue weighted by molar-refractivity contribution is -0.135. The van der Waals surface area contributed by atoms with Gasteiger partial charge in [-0.05, 0) is 48.2 Å². The Morgan fingerprint density at radius 2 is 1.78 bits per heavy atom. The highest BCUT2D eigenvalue weighted by Gasteiger charge is 2.55. The van der Waals surface area contributed by atoms with Crippen LogP contribution in [0.2, 0.25) is 5.02 Å². The Morgan fingerprint density at radius 1 is 1.06 bits per heavy atom. The minimum absolute atomic E-state index is 0.106. The summed E-state index contributed by atoms with van der Waals surface area (Å²) in [5.41, 5.74) is 1.54. The molecule has 3 heterocycles. The van der Waals surface area contributed by atoms with E-state index in [-0.39, 0.29) is 18.5 Å². The zero-order chi connectivity index (χ0) is 25.6. The Bertz CT molecular complexity index is 1290. The number of carbonyl (C=O) groups excluding carboxylic acids is 2. The molecule has 5 rings (SSSR count). The molecule has 0 spiro atoms. The van der Waals surface area contributed by atoms with Gasteiger partial charge in [0.2, 0.25) is 5.95 Å². The fourth-order valence-corrected chi connectivity index (χ4v) is 5.06. The molecule has 0 bridgehead atoms. The molecule has 0 aliphatic carbocycles. The number of fused-ring (bicyclic) bond motifs is 3. The van der Waals surface area contributed by atoms with Crippen LogP contribution in [0.15, 0.2) is 48.5 Å². The van der Waals surface area contributed by atoms with Crippen LogP contribution in [0.1, 0.15) is 32.0 Å². The number of amides is 3. The first-order valence-electron chi connectivity index (χ1n) is 12.0. The Kier molecular flexibility index (Phi) is 6.34. The van der Waals surface area contributed by atoms with Gasteiger partial charge in [-0.2, -0.15) is 0 Å². The average molecular weight is 509 g/mol. The molecule has 188 valence electrons. The van der Waals surface area contributed by atoms with Crippen LogP contribution in [0, 0.1) is 5.92 Å². The van der Waals surface area contributed by atoms with Gasteiger partial charge in [-0.25, -0.2) is 4.79 Å². The first-order valence-corrected chi connectivity index (χ1v) is 12.4. The van der Waals surface area contributed by atoms with Gasteiger partial charge in [0.1, 0.15) is 11.9 Å². The number of nitrogens with zero attached hydrogens (tertiary/aromatic N) is 6. The van der Waals surface area contributed by atoms with Crippen molar-refractivity contribution in [3.63, 3.8) is 0 Å². The molecule has 36 heavy (non-hydrogen) atoms. The van der Waals surface area contributed by atoms with Gasteiger partial charge in [0.25, 0.3) is 5.91 Å². The number of anilines is 1. The number of benzene rings is 2. The summed E-state index contributed by atoms with van der Waals surface area (Å²) in [6, 6.07) is 13.8. The molecule has 10 heteroatoms. The van der Waals surface area contributed by atoms with Gasteiger partial charge in [0.15, 0.2) is 11.9 Å². The van der Waals surface area contributed by atoms with Crippen LogP contribution in [-0.2, 0) is 11.3 Å². The van der Waals surface area contributed by atoms with E-state index in [9.17, 15) is 9.59 Å². The molecular formula is C26H29ClN6O3. The quantitative estimate of drug-likeness (QED) is 0.469. The first kappa shape index (κ1) is 24.1. The SMILES string of the molecule is COc1ccc(-c2nnc3n2C2C(C(=O)N(Cc4ccccc4Cl)C(=O)N2C)N3CCC(C)C)cc1. The molecule has 0 radical (unpaired) electrons. The number of carbonyl (C=O) groups is 2. The molecule has 1 fully saturated rings. The molecule has 2 atom stereocenters. The molecule has 2 aliphatic heterocycles. The predicted molar refractivity (Wildman–Crippen MR) is 137 cm³/mol. The first-order chi connectivity index (χ1) is 17.3. The van der Waals surface area contributed by atoms with Gasteiger partial charge in [0.05, 0.1) is 13.7 Å². The van der Waals surface area contributed by atoms with Crippen molar-refractivity contribution in [1.29, 1.82) is 0 Å². The fourth-order valence-electron chi connectivity index (χ4n) is 4.87. The predicted octanol–water partition coefficient (Wildman–Crippen LogP) is 4.43. The van der Waals surface area contributed by atoms with E-state index in [1.165, 1.54) is 4.90 Å². The van der Waals surface area contributed by atoms with Gasteiger partial charge in [0, 0.05) is 24.2 Å². The van der Waals surface area contributed by atoms with Crippen LogP contribution in [0.5, 0.6) is 5.75 Å². The summed E-state index contributed by atoms with van der Waals surface area (Å²) in [6.07, 6.45) is 0.297. The van der Waals surface area contributed by atoms with Crippen LogP contribution in [0.3, 0.4) is 0 Å². The summed E-state index contributed by atoms with van der Waals surface area (Å²) in [4.78, 5) is 32.4. The maximum Gasteiger partial charge on any atom is 0.328 e. The Morgan fingerprint density at radius 3 is 2.44 bits per heavy atom. The Balaban J connectivity index is 1.56. The zero-order valence-corrected chi connectivity index (χ0v) is 21.5. The van der Waals surface area contributed by atoms with Crippen LogP contribution < -0.4 is 9.64 Å². The highest BCUT2D eigenvalue weighted by molar-refractivity contribution is 6.31. The van der Waals surface area contributed by atoms with Crippen molar-refractivity contribution in [1.82, 2.24) is 24.6 Å². The van der Waals surface area contributed by atoms with Crippen molar-refractivity contribution < 1.29 is 14.3 Å². The van der Waals surface area contributed by atoms with E-state index in [4.69, 9.17) is 16.3 Å². The number of likely N-dealkylation sites (N-methyl/N-ethyl adjacent to an activating group) is 1. The van der Waals surface area contributed by atoms with E-state index in [0.29, 0.717) is 29.3 Å². The topological polar surface area (TPSA) is 83.8 Å². The molecule has 3 amide bonds. The highest BCUT2D eigenvalue weighted by atomic mass is 35.5. The molecule has 2 aromatic carbocycles. The maximum atomic E-state index is 13.9. The summed E-state index contributed by atoms with van der Waals surface area (Å²) in [5, 5.41) is 9.48. The van der Waals surface area contributed by atoms with Crippen LogP contribution in [-0.4, -0.2) is 63.2 Å². The van der Waals surface area contributed by atoms with Crippen molar-refractivity contribution in [2.75, 3.05) is 25.6 Å². The van der Waals surface area contributed by atoms with Crippen molar-refractivity contribution in [2.45, 2.75) is 39.0 Å². The molecule has 1 saturated heterocycles. The minimum Gasteiger partial charge on any atom is -0.497 e. The average Bonchev–Trinajstić information content (AvgIpc) is 3.43. The second-order valence-corrected chi connectivity index (χ2v) is 9.97.